The van der Waals surface area contributed by atoms with Crippen LogP contribution in [0.15, 0.2) is 29.1 Å². The van der Waals surface area contributed by atoms with Crippen molar-refractivity contribution < 1.29 is 0 Å². The van der Waals surface area contributed by atoms with Crippen LogP contribution in [0, 0.1) is 0 Å². The molecule has 1 N–H and O–H groups in total. The lowest BCUT2D eigenvalue weighted by atomic mass is 10.4. The number of halogens is 2. The number of nitrogens with zero attached hydrogens (tertiary/aromatic N) is 2. The summed E-state index contributed by atoms with van der Waals surface area (Å²) in [6, 6.07) is 5.71. The van der Waals surface area contributed by atoms with E-state index in [-0.39, 0.29) is 0 Å². The van der Waals surface area contributed by atoms with Gasteiger partial charge in [-0.1, -0.05) is 11.6 Å². The highest BCUT2D eigenvalue weighted by Gasteiger charge is 1.99. The minimum Gasteiger partial charge on any atom is -0.365 e. The number of anilines is 1. The Labute approximate surface area is 105 Å². The van der Waals surface area contributed by atoms with Crippen molar-refractivity contribution in [2.24, 2.45) is 0 Å². The van der Waals surface area contributed by atoms with E-state index in [0.29, 0.717) is 0 Å². The van der Waals surface area contributed by atoms with Crippen LogP contribution in [-0.2, 0) is 6.54 Å². The Kier molecular flexibility index (Phi) is 3.56. The Hall–Kier alpha value is -0.650. The van der Waals surface area contributed by atoms with Gasteiger partial charge in [-0.15, -0.1) is 11.3 Å². The summed E-state index contributed by atoms with van der Waals surface area (Å²) in [5.74, 6) is 0.793. The van der Waals surface area contributed by atoms with E-state index in [0.717, 1.165) is 21.3 Å². The molecule has 0 aliphatic carbocycles. The molecule has 2 rings (SSSR count). The molecule has 78 valence electrons. The van der Waals surface area contributed by atoms with Gasteiger partial charge in [-0.3, -0.25) is 0 Å². The van der Waals surface area contributed by atoms with E-state index < -0.39 is 0 Å². The fourth-order valence-corrected chi connectivity index (χ4v) is 2.39. The molecule has 0 aliphatic heterocycles. The number of aromatic nitrogens is 2. The van der Waals surface area contributed by atoms with Gasteiger partial charge in [0, 0.05) is 10.9 Å². The first-order valence-corrected chi connectivity index (χ1v) is 6.18. The molecular weight excluding hydrogens is 298 g/mol. The minimum atomic E-state index is 0.723. The molecule has 0 unspecified atom stereocenters. The third kappa shape index (κ3) is 3.15. The summed E-state index contributed by atoms with van der Waals surface area (Å²) in [6.45, 7) is 0.723. The molecule has 2 aromatic heterocycles. The summed E-state index contributed by atoms with van der Waals surface area (Å²) in [5, 5.41) is 3.19. The monoisotopic (exact) mass is 303 g/mol. The highest BCUT2D eigenvalue weighted by molar-refractivity contribution is 9.10. The lowest BCUT2D eigenvalue weighted by Gasteiger charge is -2.02. The SMILES string of the molecule is Clc1ccc(CNc2cc(Br)ncn2)s1. The molecule has 0 saturated heterocycles. The Morgan fingerprint density at radius 3 is 2.93 bits per heavy atom. The second kappa shape index (κ2) is 4.92. The van der Waals surface area contributed by atoms with Gasteiger partial charge in [0.15, 0.2) is 0 Å². The summed E-state index contributed by atoms with van der Waals surface area (Å²) in [6.07, 6.45) is 1.51. The normalized spacial score (nSPS) is 10.3. The van der Waals surface area contributed by atoms with E-state index in [4.69, 9.17) is 11.6 Å². The van der Waals surface area contributed by atoms with E-state index in [1.165, 1.54) is 11.2 Å². The maximum atomic E-state index is 5.82. The van der Waals surface area contributed by atoms with E-state index >= 15 is 0 Å². The van der Waals surface area contributed by atoms with Gasteiger partial charge >= 0.3 is 0 Å². The van der Waals surface area contributed by atoms with Crippen molar-refractivity contribution in [3.8, 4) is 0 Å². The molecule has 0 amide bonds. The van der Waals surface area contributed by atoms with Crippen molar-refractivity contribution in [3.05, 3.63) is 38.3 Å². The first-order chi connectivity index (χ1) is 7.24. The first kappa shape index (κ1) is 10.9. The first-order valence-electron chi connectivity index (χ1n) is 4.19. The number of nitrogens with one attached hydrogen (secondary N) is 1. The molecule has 0 bridgehead atoms. The average Bonchev–Trinajstić information content (AvgIpc) is 2.62. The zero-order valence-electron chi connectivity index (χ0n) is 7.58. The van der Waals surface area contributed by atoms with Gasteiger partial charge in [-0.2, -0.15) is 0 Å². The molecule has 0 spiro atoms. The van der Waals surface area contributed by atoms with Gasteiger partial charge < -0.3 is 5.32 Å². The van der Waals surface area contributed by atoms with Gasteiger partial charge in [0.1, 0.15) is 16.7 Å². The standard InChI is InChI=1S/C9H7BrClN3S/c10-7-3-9(14-5-13-7)12-4-6-1-2-8(11)15-6/h1-3,5H,4H2,(H,12,13,14). The van der Waals surface area contributed by atoms with Crippen molar-refractivity contribution >= 4 is 44.7 Å². The van der Waals surface area contributed by atoms with Crippen molar-refractivity contribution in [3.63, 3.8) is 0 Å². The third-order valence-corrected chi connectivity index (χ3v) is 3.37. The quantitative estimate of drug-likeness (QED) is 0.881. The Balaban J connectivity index is 1.99. The molecule has 0 aromatic carbocycles. The molecule has 6 heteroatoms. The lowest BCUT2D eigenvalue weighted by Crippen LogP contribution is -1.99. The van der Waals surface area contributed by atoms with Gasteiger partial charge in [0.25, 0.3) is 0 Å². The molecule has 0 fully saturated rings. The van der Waals surface area contributed by atoms with Crippen LogP contribution in [0.1, 0.15) is 4.88 Å². The molecule has 2 aromatic rings. The van der Waals surface area contributed by atoms with Crippen LogP contribution in [0.3, 0.4) is 0 Å². The molecule has 0 radical (unpaired) electrons. The molecule has 15 heavy (non-hydrogen) atoms. The maximum Gasteiger partial charge on any atom is 0.130 e. The third-order valence-electron chi connectivity index (χ3n) is 1.71. The molecule has 0 atom stereocenters. The topological polar surface area (TPSA) is 37.8 Å². The summed E-state index contributed by atoms with van der Waals surface area (Å²) < 4.78 is 1.57. The van der Waals surface area contributed by atoms with Gasteiger partial charge in [0.05, 0.1) is 10.9 Å². The Morgan fingerprint density at radius 1 is 1.40 bits per heavy atom. The van der Waals surface area contributed by atoms with Crippen LogP contribution in [0.5, 0.6) is 0 Å². The molecule has 0 saturated carbocycles. The average molecular weight is 305 g/mol. The molecule has 3 nitrogen and oxygen atoms in total. The summed E-state index contributed by atoms with van der Waals surface area (Å²) in [4.78, 5) is 9.20. The molecule has 0 aliphatic rings. The van der Waals surface area contributed by atoms with E-state index in [1.807, 2.05) is 18.2 Å². The largest absolute Gasteiger partial charge is 0.365 e. The van der Waals surface area contributed by atoms with E-state index in [9.17, 15) is 0 Å². The second-order valence-corrected chi connectivity index (χ2v) is 5.40. The highest BCUT2D eigenvalue weighted by atomic mass is 79.9. The summed E-state index contributed by atoms with van der Waals surface area (Å²) in [7, 11) is 0. The van der Waals surface area contributed by atoms with E-state index in [1.54, 1.807) is 11.3 Å². The lowest BCUT2D eigenvalue weighted by molar-refractivity contribution is 1.08. The van der Waals surface area contributed by atoms with Crippen molar-refractivity contribution in [2.45, 2.75) is 6.54 Å². The number of hydrogen-bond acceptors (Lipinski definition) is 4. The zero-order chi connectivity index (χ0) is 10.7. The van der Waals surface area contributed by atoms with Crippen LogP contribution < -0.4 is 5.32 Å². The van der Waals surface area contributed by atoms with Crippen molar-refractivity contribution in [1.29, 1.82) is 0 Å². The fraction of sp³-hybridized carbons (Fsp3) is 0.111. The van der Waals surface area contributed by atoms with Gasteiger partial charge in [0.2, 0.25) is 0 Å². The predicted octanol–water partition coefficient (Wildman–Crippen LogP) is 3.57. The minimum absolute atomic E-state index is 0.723. The van der Waals surface area contributed by atoms with Crippen LogP contribution in [-0.4, -0.2) is 9.97 Å². The van der Waals surface area contributed by atoms with Gasteiger partial charge in [-0.05, 0) is 28.1 Å². The number of rotatable bonds is 3. The van der Waals surface area contributed by atoms with Crippen LogP contribution in [0.2, 0.25) is 4.34 Å². The Bertz CT molecular complexity index is 460. The molecule has 2 heterocycles. The zero-order valence-corrected chi connectivity index (χ0v) is 10.7. The van der Waals surface area contributed by atoms with Crippen molar-refractivity contribution in [2.75, 3.05) is 5.32 Å². The fourth-order valence-electron chi connectivity index (χ4n) is 1.05. The van der Waals surface area contributed by atoms with E-state index in [2.05, 4.69) is 31.2 Å². The number of thiophene rings is 1. The van der Waals surface area contributed by atoms with Crippen LogP contribution >= 0.6 is 38.9 Å². The van der Waals surface area contributed by atoms with Crippen LogP contribution in [0.4, 0.5) is 5.82 Å². The predicted molar refractivity (Wildman–Crippen MR) is 66.4 cm³/mol. The summed E-state index contributed by atoms with van der Waals surface area (Å²) in [5.41, 5.74) is 0. The summed E-state index contributed by atoms with van der Waals surface area (Å²) >= 11 is 10.7. The van der Waals surface area contributed by atoms with Crippen molar-refractivity contribution in [1.82, 2.24) is 9.97 Å². The maximum absolute atomic E-state index is 5.82. The second-order valence-electron chi connectivity index (χ2n) is 2.79. The number of hydrogen-bond donors (Lipinski definition) is 1. The highest BCUT2D eigenvalue weighted by Crippen LogP contribution is 2.22. The molecular formula is C9H7BrClN3S. The smallest absolute Gasteiger partial charge is 0.130 e. The van der Waals surface area contributed by atoms with Gasteiger partial charge in [-0.25, -0.2) is 9.97 Å². The Morgan fingerprint density at radius 2 is 2.27 bits per heavy atom. The van der Waals surface area contributed by atoms with Crippen LogP contribution in [0.25, 0.3) is 0 Å².